The molecular weight excluding hydrogens is 459 g/mol. The summed E-state index contributed by atoms with van der Waals surface area (Å²) in [7, 11) is 0. The Labute approximate surface area is 182 Å². The first-order valence-corrected chi connectivity index (χ1v) is 10.3. The zero-order valence-corrected chi connectivity index (χ0v) is 18.1. The Kier molecular flexibility index (Phi) is 5.13. The Morgan fingerprint density at radius 1 is 1.04 bits per heavy atom. The lowest BCUT2D eigenvalue weighted by Crippen LogP contribution is -2.44. The molecule has 6 heteroatoms. The predicted octanol–water partition coefficient (Wildman–Crippen LogP) is 6.57. The van der Waals surface area contributed by atoms with Crippen molar-refractivity contribution in [2.24, 2.45) is 0 Å². The summed E-state index contributed by atoms with van der Waals surface area (Å²) in [5, 5.41) is 7.70. The molecule has 1 atom stereocenters. The highest BCUT2D eigenvalue weighted by Crippen LogP contribution is 2.42. The van der Waals surface area contributed by atoms with Gasteiger partial charge in [-0.1, -0.05) is 57.3 Å². The Bertz CT molecular complexity index is 1090. The van der Waals surface area contributed by atoms with Gasteiger partial charge >= 0.3 is 0 Å². The van der Waals surface area contributed by atoms with Crippen LogP contribution in [0.5, 0.6) is 0 Å². The molecule has 4 rings (SSSR count). The van der Waals surface area contributed by atoms with Gasteiger partial charge in [-0.2, -0.15) is 0 Å². The van der Waals surface area contributed by atoms with Crippen LogP contribution < -0.4 is 10.6 Å². The highest BCUT2D eigenvalue weighted by atomic mass is 79.9. The lowest BCUT2D eigenvalue weighted by atomic mass is 9.84. The van der Waals surface area contributed by atoms with E-state index >= 15 is 0 Å². The van der Waals surface area contributed by atoms with Crippen molar-refractivity contribution in [3.8, 4) is 0 Å². The van der Waals surface area contributed by atoms with Crippen molar-refractivity contribution >= 4 is 56.4 Å². The number of benzene rings is 3. The number of anilines is 2. The number of rotatable bonds is 4. The summed E-state index contributed by atoms with van der Waals surface area (Å²) < 4.78 is 1.02. The van der Waals surface area contributed by atoms with Gasteiger partial charge in [0.1, 0.15) is 5.54 Å². The van der Waals surface area contributed by atoms with Crippen molar-refractivity contribution in [1.82, 2.24) is 0 Å². The normalized spacial score (nSPS) is 17.9. The van der Waals surface area contributed by atoms with Crippen LogP contribution in [-0.4, -0.2) is 5.91 Å². The monoisotopic (exact) mass is 474 g/mol. The summed E-state index contributed by atoms with van der Waals surface area (Å²) in [5.41, 5.74) is 3.53. The van der Waals surface area contributed by atoms with Crippen LogP contribution in [0.1, 0.15) is 16.7 Å². The first-order chi connectivity index (χ1) is 13.4. The molecule has 3 aromatic carbocycles. The molecule has 0 radical (unpaired) electrons. The zero-order valence-electron chi connectivity index (χ0n) is 15.0. The number of hydrogen-bond acceptors (Lipinski definition) is 2. The summed E-state index contributed by atoms with van der Waals surface area (Å²) in [4.78, 5) is 13.3. The van der Waals surface area contributed by atoms with E-state index in [1.165, 1.54) is 0 Å². The second-order valence-corrected chi connectivity index (χ2v) is 8.67. The third-order valence-corrected chi connectivity index (χ3v) is 6.31. The van der Waals surface area contributed by atoms with Gasteiger partial charge in [0.25, 0.3) is 5.91 Å². The second kappa shape index (κ2) is 7.43. The van der Waals surface area contributed by atoms with Crippen molar-refractivity contribution in [1.29, 1.82) is 0 Å². The maximum atomic E-state index is 13.3. The van der Waals surface area contributed by atoms with Crippen LogP contribution in [0.25, 0.3) is 0 Å². The predicted molar refractivity (Wildman–Crippen MR) is 119 cm³/mol. The number of nitrogens with one attached hydrogen (secondary N) is 2. The molecule has 0 aromatic heterocycles. The summed E-state index contributed by atoms with van der Waals surface area (Å²) >= 11 is 15.9. The molecule has 1 aliphatic heterocycles. The molecule has 0 saturated heterocycles. The minimum absolute atomic E-state index is 0.120. The third kappa shape index (κ3) is 3.52. The molecule has 142 valence electrons. The van der Waals surface area contributed by atoms with E-state index in [4.69, 9.17) is 23.2 Å². The molecule has 1 heterocycles. The SMILES string of the molecule is Cc1cc(NC2(Cc3cccc(Cl)c3)C(=O)Nc3cc(Cl)ccc32)ccc1Br. The van der Waals surface area contributed by atoms with Crippen LogP contribution in [0, 0.1) is 6.92 Å². The maximum Gasteiger partial charge on any atom is 0.255 e. The van der Waals surface area contributed by atoms with Gasteiger partial charge in [0.15, 0.2) is 0 Å². The Morgan fingerprint density at radius 2 is 1.82 bits per heavy atom. The average molecular weight is 476 g/mol. The molecule has 1 unspecified atom stereocenters. The number of halogens is 3. The first-order valence-electron chi connectivity index (χ1n) is 8.78. The Balaban J connectivity index is 1.84. The molecule has 0 aliphatic carbocycles. The number of carbonyl (C=O) groups excluding carboxylic acids is 1. The highest BCUT2D eigenvalue weighted by Gasteiger charge is 2.47. The first kappa shape index (κ1) is 19.3. The van der Waals surface area contributed by atoms with E-state index in [0.717, 1.165) is 32.5 Å². The molecule has 0 spiro atoms. The number of aryl methyl sites for hydroxylation is 1. The third-order valence-electron chi connectivity index (χ3n) is 4.95. The molecule has 0 bridgehead atoms. The molecule has 0 fully saturated rings. The molecule has 28 heavy (non-hydrogen) atoms. The molecule has 1 amide bonds. The molecule has 0 saturated carbocycles. The molecule has 1 aliphatic rings. The van der Waals surface area contributed by atoms with E-state index in [1.54, 1.807) is 6.07 Å². The highest BCUT2D eigenvalue weighted by molar-refractivity contribution is 9.10. The summed E-state index contributed by atoms with van der Waals surface area (Å²) in [5.74, 6) is -0.120. The summed E-state index contributed by atoms with van der Waals surface area (Å²) in [6.07, 6.45) is 0.448. The largest absolute Gasteiger partial charge is 0.367 e. The number of fused-ring (bicyclic) bond motifs is 1. The van der Waals surface area contributed by atoms with Crippen LogP contribution in [-0.2, 0) is 16.8 Å². The van der Waals surface area contributed by atoms with E-state index < -0.39 is 5.54 Å². The fourth-order valence-corrected chi connectivity index (χ4v) is 4.24. The van der Waals surface area contributed by atoms with Gasteiger partial charge < -0.3 is 10.6 Å². The van der Waals surface area contributed by atoms with Gasteiger partial charge in [0.2, 0.25) is 0 Å². The number of carbonyl (C=O) groups is 1. The van der Waals surface area contributed by atoms with Crippen LogP contribution >= 0.6 is 39.1 Å². The van der Waals surface area contributed by atoms with Gasteiger partial charge in [-0.05, 0) is 60.5 Å². The topological polar surface area (TPSA) is 41.1 Å². The van der Waals surface area contributed by atoms with Gasteiger partial charge in [-0.15, -0.1) is 0 Å². The second-order valence-electron chi connectivity index (χ2n) is 6.95. The number of hydrogen-bond donors (Lipinski definition) is 2. The van der Waals surface area contributed by atoms with Gasteiger partial charge in [0, 0.05) is 37.9 Å². The van der Waals surface area contributed by atoms with E-state index in [-0.39, 0.29) is 5.91 Å². The number of amides is 1. The van der Waals surface area contributed by atoms with Crippen molar-refractivity contribution in [3.63, 3.8) is 0 Å². The molecular formula is C22H17BrCl2N2O. The zero-order chi connectivity index (χ0) is 19.9. The van der Waals surface area contributed by atoms with E-state index in [1.807, 2.05) is 61.5 Å². The Hall–Kier alpha value is -2.01. The van der Waals surface area contributed by atoms with Crippen molar-refractivity contribution in [3.05, 3.63) is 91.9 Å². The van der Waals surface area contributed by atoms with Gasteiger partial charge in [-0.25, -0.2) is 0 Å². The van der Waals surface area contributed by atoms with Crippen LogP contribution in [0.15, 0.2) is 65.1 Å². The van der Waals surface area contributed by atoms with Crippen LogP contribution in [0.2, 0.25) is 10.0 Å². The van der Waals surface area contributed by atoms with E-state index in [2.05, 4.69) is 26.6 Å². The summed E-state index contributed by atoms with van der Waals surface area (Å²) in [6, 6.07) is 19.0. The fourth-order valence-electron chi connectivity index (χ4n) is 3.61. The van der Waals surface area contributed by atoms with Gasteiger partial charge in [0.05, 0.1) is 0 Å². The van der Waals surface area contributed by atoms with E-state index in [0.29, 0.717) is 16.5 Å². The van der Waals surface area contributed by atoms with Crippen molar-refractivity contribution < 1.29 is 4.79 Å². The molecule has 2 N–H and O–H groups in total. The quantitative estimate of drug-likeness (QED) is 0.448. The maximum absolute atomic E-state index is 13.3. The van der Waals surface area contributed by atoms with E-state index in [9.17, 15) is 4.79 Å². The smallest absolute Gasteiger partial charge is 0.255 e. The fraction of sp³-hybridized carbons (Fsp3) is 0.136. The summed E-state index contributed by atoms with van der Waals surface area (Å²) in [6.45, 7) is 2.02. The van der Waals surface area contributed by atoms with Crippen LogP contribution in [0.4, 0.5) is 11.4 Å². The minimum atomic E-state index is -0.967. The van der Waals surface area contributed by atoms with Crippen LogP contribution in [0.3, 0.4) is 0 Å². The molecule has 3 aromatic rings. The molecule has 3 nitrogen and oxygen atoms in total. The lowest BCUT2D eigenvalue weighted by molar-refractivity contribution is -0.119. The Morgan fingerprint density at radius 3 is 2.57 bits per heavy atom. The van der Waals surface area contributed by atoms with Gasteiger partial charge in [-0.3, -0.25) is 4.79 Å². The van der Waals surface area contributed by atoms with Crippen molar-refractivity contribution in [2.75, 3.05) is 10.6 Å². The standard InChI is InChI=1S/C22H17BrCl2N2O/c1-13-9-17(6-8-19(13)23)27-22(12-14-3-2-4-15(24)10-14)18-7-5-16(25)11-20(18)26-21(22)28/h2-11,27H,12H2,1H3,(H,26,28). The van der Waals surface area contributed by atoms with Crippen molar-refractivity contribution in [2.45, 2.75) is 18.9 Å². The minimum Gasteiger partial charge on any atom is -0.367 e. The average Bonchev–Trinajstić information content (AvgIpc) is 2.89. The lowest BCUT2D eigenvalue weighted by Gasteiger charge is -2.30.